The Kier molecular flexibility index (Phi) is 3.95. The van der Waals surface area contributed by atoms with Crippen molar-refractivity contribution in [1.82, 2.24) is 4.98 Å². The van der Waals surface area contributed by atoms with Crippen molar-refractivity contribution in [3.63, 3.8) is 0 Å². The van der Waals surface area contributed by atoms with E-state index in [-0.39, 0.29) is 10.8 Å². The van der Waals surface area contributed by atoms with Crippen molar-refractivity contribution in [1.29, 1.82) is 0 Å². The summed E-state index contributed by atoms with van der Waals surface area (Å²) in [5.74, 6) is 0.356. The van der Waals surface area contributed by atoms with Gasteiger partial charge >= 0.3 is 0 Å². The predicted molar refractivity (Wildman–Crippen MR) is 104 cm³/mol. The van der Waals surface area contributed by atoms with Gasteiger partial charge in [0.25, 0.3) is 0 Å². The first-order valence-electron chi connectivity index (χ1n) is 8.31. The third-order valence-electron chi connectivity index (χ3n) is 4.31. The number of para-hydroxylation sites is 1. The number of phenols is 1. The third kappa shape index (κ3) is 3.05. The Balaban J connectivity index is 2.30. The topological polar surface area (TPSA) is 33.1 Å². The van der Waals surface area contributed by atoms with Gasteiger partial charge in [-0.05, 0) is 34.6 Å². The Labute approximate surface area is 148 Å². The summed E-state index contributed by atoms with van der Waals surface area (Å²) in [7, 11) is 0. The molecule has 0 aliphatic carbocycles. The minimum absolute atomic E-state index is 0.0130. The molecule has 3 heteroatoms. The summed E-state index contributed by atoms with van der Waals surface area (Å²) in [5, 5.41) is 11.8. The summed E-state index contributed by atoms with van der Waals surface area (Å²) in [5.41, 5.74) is 3.91. The van der Waals surface area contributed by atoms with Gasteiger partial charge in [-0.25, -0.2) is 4.98 Å². The smallest absolute Gasteiger partial charge is 0.129 e. The first-order chi connectivity index (χ1) is 11.1. The molecule has 0 radical (unpaired) electrons. The van der Waals surface area contributed by atoms with E-state index < -0.39 is 0 Å². The van der Waals surface area contributed by atoms with Crippen LogP contribution >= 0.6 is 11.3 Å². The zero-order chi connectivity index (χ0) is 17.7. The molecule has 1 N–H and O–H groups in total. The number of hydrogen-bond acceptors (Lipinski definition) is 3. The van der Waals surface area contributed by atoms with Crippen molar-refractivity contribution < 1.29 is 5.11 Å². The molecule has 0 unspecified atom stereocenters. The number of rotatable bonds is 1. The lowest BCUT2D eigenvalue weighted by atomic mass is 9.79. The van der Waals surface area contributed by atoms with Crippen LogP contribution in [0.1, 0.15) is 52.7 Å². The largest absolute Gasteiger partial charge is 0.507 e. The molecule has 0 bridgehead atoms. The molecule has 0 aliphatic rings. The van der Waals surface area contributed by atoms with E-state index in [4.69, 9.17) is 4.98 Å². The molecule has 0 amide bonds. The van der Waals surface area contributed by atoms with E-state index in [0.29, 0.717) is 5.75 Å². The van der Waals surface area contributed by atoms with E-state index in [1.807, 2.05) is 18.2 Å². The summed E-state index contributed by atoms with van der Waals surface area (Å²) in [6.07, 6.45) is 0. The highest BCUT2D eigenvalue weighted by Gasteiger charge is 2.26. The molecule has 0 spiro atoms. The molecule has 24 heavy (non-hydrogen) atoms. The van der Waals surface area contributed by atoms with Gasteiger partial charge in [0.05, 0.1) is 15.8 Å². The number of hydrogen-bond donors (Lipinski definition) is 1. The normalized spacial score (nSPS) is 12.8. The van der Waals surface area contributed by atoms with E-state index >= 15 is 0 Å². The first-order valence-corrected chi connectivity index (χ1v) is 9.13. The van der Waals surface area contributed by atoms with Gasteiger partial charge < -0.3 is 5.11 Å². The number of nitrogens with zero attached hydrogens (tertiary/aromatic N) is 1. The van der Waals surface area contributed by atoms with E-state index in [1.54, 1.807) is 11.3 Å². The van der Waals surface area contributed by atoms with Crippen LogP contribution in [-0.2, 0) is 10.8 Å². The van der Waals surface area contributed by atoms with Crippen LogP contribution in [0.5, 0.6) is 5.75 Å². The van der Waals surface area contributed by atoms with Gasteiger partial charge in [-0.15, -0.1) is 11.3 Å². The summed E-state index contributed by atoms with van der Waals surface area (Å²) in [6.45, 7) is 13.0. The summed E-state index contributed by atoms with van der Waals surface area (Å²) in [6, 6.07) is 12.4. The Morgan fingerprint density at radius 1 is 0.917 bits per heavy atom. The molecule has 2 nitrogen and oxygen atoms in total. The lowest BCUT2D eigenvalue weighted by Crippen LogP contribution is -2.17. The van der Waals surface area contributed by atoms with E-state index in [1.165, 1.54) is 5.56 Å². The van der Waals surface area contributed by atoms with Gasteiger partial charge in [-0.2, -0.15) is 0 Å². The Morgan fingerprint density at radius 3 is 2.17 bits per heavy atom. The Bertz CT molecular complexity index is 861. The maximum absolute atomic E-state index is 11.0. The number of aromatic nitrogens is 1. The van der Waals surface area contributed by atoms with Crippen molar-refractivity contribution in [2.75, 3.05) is 0 Å². The Morgan fingerprint density at radius 2 is 1.58 bits per heavy atom. The van der Waals surface area contributed by atoms with Crippen LogP contribution in [0.15, 0.2) is 36.4 Å². The summed E-state index contributed by atoms with van der Waals surface area (Å²) >= 11 is 1.63. The highest BCUT2D eigenvalue weighted by Crippen LogP contribution is 2.43. The fraction of sp³-hybridized carbons (Fsp3) is 0.381. The molecule has 2 aromatic carbocycles. The lowest BCUT2D eigenvalue weighted by Gasteiger charge is -2.27. The molecular formula is C21H25NOS. The monoisotopic (exact) mass is 339 g/mol. The van der Waals surface area contributed by atoms with Gasteiger partial charge in [-0.1, -0.05) is 59.7 Å². The van der Waals surface area contributed by atoms with Crippen LogP contribution < -0.4 is 0 Å². The van der Waals surface area contributed by atoms with Gasteiger partial charge in [-0.3, -0.25) is 0 Å². The first kappa shape index (κ1) is 17.0. The molecule has 1 aromatic heterocycles. The molecule has 126 valence electrons. The van der Waals surface area contributed by atoms with Crippen molar-refractivity contribution in [2.45, 2.75) is 52.4 Å². The number of fused-ring (bicyclic) bond motifs is 1. The average molecular weight is 340 g/mol. The van der Waals surface area contributed by atoms with Gasteiger partial charge in [0, 0.05) is 5.56 Å². The van der Waals surface area contributed by atoms with Crippen molar-refractivity contribution in [2.24, 2.45) is 0 Å². The van der Waals surface area contributed by atoms with Crippen LogP contribution in [-0.4, -0.2) is 10.1 Å². The molecule has 0 aliphatic heterocycles. The van der Waals surface area contributed by atoms with Crippen LogP contribution in [0.4, 0.5) is 0 Å². The quantitative estimate of drug-likeness (QED) is 0.567. The number of phenolic OH excluding ortho intramolecular Hbond substituents is 1. The van der Waals surface area contributed by atoms with Crippen molar-refractivity contribution in [3.8, 4) is 16.3 Å². The highest BCUT2D eigenvalue weighted by atomic mass is 32.1. The van der Waals surface area contributed by atoms with Crippen LogP contribution in [0, 0.1) is 0 Å². The SMILES string of the molecule is CC(C)(C)c1cc(-c2nc3ccccc3s2)c(O)c(C(C)(C)C)c1. The molecule has 3 rings (SSSR count). The standard InChI is InChI=1S/C21H25NOS/c1-20(2,3)13-11-14(18(23)15(12-13)21(4,5)6)19-22-16-9-7-8-10-17(16)24-19/h7-12,23H,1-6H3. The van der Waals surface area contributed by atoms with Gasteiger partial charge in [0.1, 0.15) is 10.8 Å². The predicted octanol–water partition coefficient (Wildman–Crippen LogP) is 6.26. The van der Waals surface area contributed by atoms with Gasteiger partial charge in [0.2, 0.25) is 0 Å². The van der Waals surface area contributed by atoms with E-state index in [9.17, 15) is 5.11 Å². The summed E-state index contributed by atoms with van der Waals surface area (Å²) in [4.78, 5) is 4.75. The molecule has 0 atom stereocenters. The van der Waals surface area contributed by atoms with Crippen molar-refractivity contribution >= 4 is 21.6 Å². The summed E-state index contributed by atoms with van der Waals surface area (Å²) < 4.78 is 1.14. The molecule has 1 heterocycles. The second kappa shape index (κ2) is 5.59. The second-order valence-electron chi connectivity index (χ2n) is 8.41. The maximum Gasteiger partial charge on any atom is 0.129 e. The molecule has 3 aromatic rings. The molecule has 0 fully saturated rings. The molecular weight excluding hydrogens is 314 g/mol. The fourth-order valence-corrected chi connectivity index (χ4v) is 3.77. The van der Waals surface area contributed by atoms with Crippen LogP contribution in [0.25, 0.3) is 20.8 Å². The highest BCUT2D eigenvalue weighted by molar-refractivity contribution is 7.21. The van der Waals surface area contributed by atoms with Crippen LogP contribution in [0.3, 0.4) is 0 Å². The lowest BCUT2D eigenvalue weighted by molar-refractivity contribution is 0.446. The van der Waals surface area contributed by atoms with Gasteiger partial charge in [0.15, 0.2) is 0 Å². The van der Waals surface area contributed by atoms with E-state index in [2.05, 4.69) is 59.7 Å². The van der Waals surface area contributed by atoms with E-state index in [0.717, 1.165) is 26.4 Å². The Hall–Kier alpha value is -1.87. The number of benzene rings is 2. The fourth-order valence-electron chi connectivity index (χ4n) is 2.79. The average Bonchev–Trinajstić information content (AvgIpc) is 2.88. The molecule has 0 saturated heterocycles. The number of thiazole rings is 1. The maximum atomic E-state index is 11.0. The zero-order valence-electron chi connectivity index (χ0n) is 15.3. The molecule has 0 saturated carbocycles. The van der Waals surface area contributed by atoms with Crippen molar-refractivity contribution in [3.05, 3.63) is 47.5 Å². The third-order valence-corrected chi connectivity index (χ3v) is 5.38. The number of aromatic hydroxyl groups is 1. The zero-order valence-corrected chi connectivity index (χ0v) is 16.1. The van der Waals surface area contributed by atoms with Crippen LogP contribution in [0.2, 0.25) is 0 Å². The minimum atomic E-state index is -0.128. The minimum Gasteiger partial charge on any atom is -0.507 e. The second-order valence-corrected chi connectivity index (χ2v) is 9.44.